The lowest BCUT2D eigenvalue weighted by atomic mass is 10.0. The molecule has 3 N–H and O–H groups in total. The van der Waals surface area contributed by atoms with Crippen molar-refractivity contribution in [3.05, 3.63) is 95.2 Å². The second-order valence-corrected chi connectivity index (χ2v) is 10.9. The number of nitrogens with zero attached hydrogens (tertiary/aromatic N) is 1. The number of sulfonamides is 1. The minimum atomic E-state index is -4.20. The molecule has 1 unspecified atom stereocenters. The van der Waals surface area contributed by atoms with E-state index in [1.165, 1.54) is 36.4 Å². The molecule has 0 aliphatic rings. The molecule has 0 radical (unpaired) electrons. The van der Waals surface area contributed by atoms with Crippen LogP contribution in [0.25, 0.3) is 10.9 Å². The molecular formula is C30H28N2O7S. The molecular weight excluding hydrogens is 532 g/mol. The molecule has 1 aromatic heterocycles. The van der Waals surface area contributed by atoms with Crippen molar-refractivity contribution in [1.29, 1.82) is 0 Å². The minimum Gasteiger partial charge on any atom is -0.481 e. The van der Waals surface area contributed by atoms with Crippen LogP contribution < -0.4 is 9.46 Å². The van der Waals surface area contributed by atoms with Crippen molar-refractivity contribution in [3.63, 3.8) is 0 Å². The number of aromatic nitrogens is 1. The van der Waals surface area contributed by atoms with Crippen LogP contribution in [0.4, 0.5) is 0 Å². The lowest BCUT2D eigenvalue weighted by Gasteiger charge is -2.15. The second kappa shape index (κ2) is 12.1. The van der Waals surface area contributed by atoms with Gasteiger partial charge in [-0.1, -0.05) is 35.7 Å². The van der Waals surface area contributed by atoms with Crippen molar-refractivity contribution in [3.8, 4) is 17.6 Å². The van der Waals surface area contributed by atoms with Crippen LogP contribution in [0.15, 0.2) is 77.8 Å². The Morgan fingerprint density at radius 1 is 1.05 bits per heavy atom. The van der Waals surface area contributed by atoms with E-state index in [1.807, 2.05) is 35.8 Å². The lowest BCUT2D eigenvalue weighted by Crippen LogP contribution is -2.42. The Morgan fingerprint density at radius 2 is 1.80 bits per heavy atom. The van der Waals surface area contributed by atoms with Gasteiger partial charge in [0.25, 0.3) is 0 Å². The van der Waals surface area contributed by atoms with E-state index in [2.05, 4.69) is 16.6 Å². The monoisotopic (exact) mass is 560 g/mol. The van der Waals surface area contributed by atoms with Gasteiger partial charge in [-0.2, -0.15) is 4.72 Å². The Bertz CT molecular complexity index is 1730. The van der Waals surface area contributed by atoms with E-state index in [0.29, 0.717) is 28.8 Å². The molecule has 40 heavy (non-hydrogen) atoms. The van der Waals surface area contributed by atoms with Crippen LogP contribution in [0.3, 0.4) is 0 Å². The van der Waals surface area contributed by atoms with Gasteiger partial charge in [0, 0.05) is 30.1 Å². The van der Waals surface area contributed by atoms with Crippen molar-refractivity contribution < 1.29 is 33.0 Å². The molecule has 3 aromatic carbocycles. The van der Waals surface area contributed by atoms with Crippen LogP contribution in [0.1, 0.15) is 34.0 Å². The zero-order valence-corrected chi connectivity index (χ0v) is 22.7. The summed E-state index contributed by atoms with van der Waals surface area (Å²) in [4.78, 5) is 23.7. The van der Waals surface area contributed by atoms with Gasteiger partial charge < -0.3 is 19.5 Å². The molecule has 4 rings (SSSR count). The molecule has 0 aliphatic heterocycles. The first-order valence-electron chi connectivity index (χ1n) is 12.4. The van der Waals surface area contributed by atoms with Gasteiger partial charge >= 0.3 is 11.9 Å². The number of aromatic carboxylic acids is 1. The fourth-order valence-corrected chi connectivity index (χ4v) is 5.56. The van der Waals surface area contributed by atoms with E-state index in [1.54, 1.807) is 19.2 Å². The van der Waals surface area contributed by atoms with Crippen molar-refractivity contribution in [2.45, 2.75) is 37.8 Å². The number of rotatable bonds is 11. The Morgan fingerprint density at radius 3 is 2.45 bits per heavy atom. The third-order valence-corrected chi connectivity index (χ3v) is 7.77. The highest BCUT2D eigenvalue weighted by atomic mass is 32.2. The molecule has 0 fully saturated rings. The number of hydrogen-bond acceptors (Lipinski definition) is 5. The summed E-state index contributed by atoms with van der Waals surface area (Å²) in [6.07, 6.45) is 1.54. The fraction of sp³-hybridized carbons (Fsp3) is 0.200. The van der Waals surface area contributed by atoms with Crippen LogP contribution in [0, 0.1) is 18.8 Å². The van der Waals surface area contributed by atoms with Gasteiger partial charge in [0.05, 0.1) is 10.5 Å². The number of ether oxygens (including phenoxy) is 1. The highest BCUT2D eigenvalue weighted by Crippen LogP contribution is 2.26. The fourth-order valence-electron chi connectivity index (χ4n) is 4.37. The average Bonchev–Trinajstić information content (AvgIpc) is 3.24. The number of fused-ring (bicyclic) bond motifs is 1. The maximum Gasteiger partial charge on any atom is 0.335 e. The molecule has 0 saturated heterocycles. The van der Waals surface area contributed by atoms with E-state index < -0.39 is 28.0 Å². The number of carboxylic acid groups (broad SMARTS) is 2. The zero-order valence-electron chi connectivity index (χ0n) is 21.9. The number of benzene rings is 3. The largest absolute Gasteiger partial charge is 0.481 e. The first-order valence-corrected chi connectivity index (χ1v) is 13.8. The first kappa shape index (κ1) is 28.4. The number of hydrogen-bond donors (Lipinski definition) is 3. The SMILES string of the molecule is CC#CCOc1ccc(S(=O)(=O)NC(Cc2cn(Cc3cccc(C)c3)c3ccc(C(=O)O)cc23)C(=O)O)cc1. The summed E-state index contributed by atoms with van der Waals surface area (Å²) in [5.41, 5.74) is 3.34. The van der Waals surface area contributed by atoms with E-state index in [9.17, 15) is 28.2 Å². The highest BCUT2D eigenvalue weighted by Gasteiger charge is 2.27. The molecule has 1 atom stereocenters. The summed E-state index contributed by atoms with van der Waals surface area (Å²) in [7, 11) is -4.20. The number of carbonyl (C=O) groups is 2. The topological polar surface area (TPSA) is 135 Å². The molecule has 206 valence electrons. The molecule has 0 amide bonds. The predicted molar refractivity (Wildman–Crippen MR) is 150 cm³/mol. The predicted octanol–water partition coefficient (Wildman–Crippen LogP) is 4.07. The van der Waals surface area contributed by atoms with E-state index >= 15 is 0 Å². The van der Waals surface area contributed by atoms with Crippen LogP contribution in [-0.2, 0) is 27.8 Å². The highest BCUT2D eigenvalue weighted by molar-refractivity contribution is 7.89. The Hall–Kier alpha value is -4.59. The summed E-state index contributed by atoms with van der Waals surface area (Å²) < 4.78 is 35.7. The molecule has 0 saturated carbocycles. The molecule has 0 bridgehead atoms. The molecule has 1 heterocycles. The summed E-state index contributed by atoms with van der Waals surface area (Å²) in [6.45, 7) is 4.28. The van der Waals surface area contributed by atoms with Crippen molar-refractivity contribution in [2.75, 3.05) is 6.61 Å². The third kappa shape index (κ3) is 6.69. The van der Waals surface area contributed by atoms with Gasteiger partial charge in [-0.05, 0) is 67.4 Å². The van der Waals surface area contributed by atoms with Gasteiger partial charge in [0.1, 0.15) is 18.4 Å². The van der Waals surface area contributed by atoms with Gasteiger partial charge in [-0.15, -0.1) is 5.92 Å². The maximum absolute atomic E-state index is 13.1. The average molecular weight is 561 g/mol. The third-order valence-electron chi connectivity index (χ3n) is 6.29. The molecule has 9 nitrogen and oxygen atoms in total. The van der Waals surface area contributed by atoms with Gasteiger partial charge in [-0.25, -0.2) is 13.2 Å². The normalized spacial score (nSPS) is 11.9. The standard InChI is InChI=1S/C30H28N2O7S/c1-3-4-14-39-24-9-11-25(12-10-24)40(37,38)31-27(30(35)36)17-23-19-32(18-21-7-5-6-20(2)15-21)28-13-8-22(29(33)34)16-26(23)28/h5-13,15-16,19,27,31H,14,17-18H2,1-2H3,(H,33,34)(H,35,36). The number of aliphatic carboxylic acids is 1. The summed E-state index contributed by atoms with van der Waals surface area (Å²) in [5, 5.41) is 20.0. The van der Waals surface area contributed by atoms with Crippen LogP contribution in [-0.4, -0.2) is 47.8 Å². The lowest BCUT2D eigenvalue weighted by molar-refractivity contribution is -0.138. The van der Waals surface area contributed by atoms with E-state index in [0.717, 1.165) is 11.1 Å². The van der Waals surface area contributed by atoms with Gasteiger partial charge in [0.15, 0.2) is 0 Å². The summed E-state index contributed by atoms with van der Waals surface area (Å²) in [6, 6.07) is 16.6. The maximum atomic E-state index is 13.1. The van der Waals surface area contributed by atoms with Crippen molar-refractivity contribution >= 4 is 32.9 Å². The smallest absolute Gasteiger partial charge is 0.335 e. The molecule has 0 spiro atoms. The second-order valence-electron chi connectivity index (χ2n) is 9.21. The number of nitrogens with one attached hydrogen (secondary N) is 1. The van der Waals surface area contributed by atoms with Gasteiger partial charge in [-0.3, -0.25) is 4.79 Å². The molecule has 4 aromatic rings. The summed E-state index contributed by atoms with van der Waals surface area (Å²) >= 11 is 0. The minimum absolute atomic E-state index is 0.0433. The Balaban J connectivity index is 1.64. The number of carboxylic acids is 2. The zero-order chi connectivity index (χ0) is 28.9. The van der Waals surface area contributed by atoms with E-state index in [4.69, 9.17) is 4.74 Å². The van der Waals surface area contributed by atoms with E-state index in [-0.39, 0.29) is 23.5 Å². The van der Waals surface area contributed by atoms with Crippen molar-refractivity contribution in [2.24, 2.45) is 0 Å². The van der Waals surface area contributed by atoms with Crippen LogP contribution in [0.5, 0.6) is 5.75 Å². The first-order chi connectivity index (χ1) is 19.1. The van der Waals surface area contributed by atoms with Crippen LogP contribution >= 0.6 is 0 Å². The quantitative estimate of drug-likeness (QED) is 0.235. The summed E-state index contributed by atoms with van der Waals surface area (Å²) in [5.74, 6) is 3.37. The Labute approximate surface area is 232 Å². The molecule has 10 heteroatoms. The van der Waals surface area contributed by atoms with Crippen molar-refractivity contribution in [1.82, 2.24) is 9.29 Å². The number of aryl methyl sites for hydroxylation is 1. The Kier molecular flexibility index (Phi) is 8.58. The van der Waals surface area contributed by atoms with Crippen LogP contribution in [0.2, 0.25) is 0 Å². The van der Waals surface area contributed by atoms with Gasteiger partial charge in [0.2, 0.25) is 10.0 Å². The molecule has 0 aliphatic carbocycles.